The number of nitrogen functional groups attached to an aromatic ring is 1. The third kappa shape index (κ3) is 1.73. The van der Waals surface area contributed by atoms with Gasteiger partial charge in [0.15, 0.2) is 0 Å². The van der Waals surface area contributed by atoms with Gasteiger partial charge in [0.25, 0.3) is 0 Å². The van der Waals surface area contributed by atoms with Crippen molar-refractivity contribution in [2.75, 3.05) is 11.1 Å². The van der Waals surface area contributed by atoms with Crippen LogP contribution in [0.4, 0.5) is 11.4 Å². The highest BCUT2D eigenvalue weighted by atomic mass is 16.1. The topological polar surface area (TPSA) is 72.9 Å². The van der Waals surface area contributed by atoms with Gasteiger partial charge in [-0.2, -0.15) is 5.10 Å². The van der Waals surface area contributed by atoms with Gasteiger partial charge in [-0.05, 0) is 36.6 Å². The number of rotatable bonds is 1. The highest BCUT2D eigenvalue weighted by Crippen LogP contribution is 2.29. The first-order chi connectivity index (χ1) is 8.63. The fraction of sp³-hybridized carbons (Fsp3) is 0.231. The number of aryl methyl sites for hydroxylation is 2. The van der Waals surface area contributed by atoms with E-state index in [1.54, 1.807) is 10.9 Å². The molecule has 0 unspecified atom stereocenters. The molecule has 92 valence electrons. The van der Waals surface area contributed by atoms with E-state index < -0.39 is 0 Å². The third-order valence-electron chi connectivity index (χ3n) is 3.11. The van der Waals surface area contributed by atoms with Gasteiger partial charge < -0.3 is 11.1 Å². The van der Waals surface area contributed by atoms with Gasteiger partial charge in [-0.25, -0.2) is 4.68 Å². The van der Waals surface area contributed by atoms with Crippen molar-refractivity contribution in [2.45, 2.75) is 19.8 Å². The second-order valence-electron chi connectivity index (χ2n) is 4.58. The molecule has 5 nitrogen and oxygen atoms in total. The summed E-state index contributed by atoms with van der Waals surface area (Å²) in [7, 11) is 0. The molecule has 0 spiro atoms. The summed E-state index contributed by atoms with van der Waals surface area (Å²) in [4.78, 5) is 11.4. The van der Waals surface area contributed by atoms with Crippen molar-refractivity contribution in [3.63, 3.8) is 0 Å². The summed E-state index contributed by atoms with van der Waals surface area (Å²) >= 11 is 0. The Labute approximate surface area is 105 Å². The fourth-order valence-corrected chi connectivity index (χ4v) is 2.18. The van der Waals surface area contributed by atoms with Crippen molar-refractivity contribution in [2.24, 2.45) is 0 Å². The lowest BCUT2D eigenvalue weighted by molar-refractivity contribution is -0.116. The van der Waals surface area contributed by atoms with Gasteiger partial charge in [-0.3, -0.25) is 4.79 Å². The molecule has 18 heavy (non-hydrogen) atoms. The molecule has 5 heteroatoms. The quantitative estimate of drug-likeness (QED) is 0.747. The van der Waals surface area contributed by atoms with Gasteiger partial charge in [-0.1, -0.05) is 0 Å². The normalized spacial score (nSPS) is 14.2. The van der Waals surface area contributed by atoms with E-state index in [0.29, 0.717) is 12.1 Å². The second-order valence-corrected chi connectivity index (χ2v) is 4.58. The number of carbonyl (C=O) groups is 1. The lowest BCUT2D eigenvalue weighted by Crippen LogP contribution is -2.19. The van der Waals surface area contributed by atoms with Crippen LogP contribution >= 0.6 is 0 Å². The Morgan fingerprint density at radius 1 is 1.39 bits per heavy atom. The summed E-state index contributed by atoms with van der Waals surface area (Å²) in [5.41, 5.74) is 10.5. The van der Waals surface area contributed by atoms with Crippen molar-refractivity contribution >= 4 is 17.3 Å². The zero-order valence-corrected chi connectivity index (χ0v) is 10.1. The number of aromatic nitrogens is 2. The Bertz CT molecular complexity index is 630. The molecular formula is C13H14N4O. The Morgan fingerprint density at radius 3 is 2.94 bits per heavy atom. The number of amides is 1. The number of hydrogen-bond acceptors (Lipinski definition) is 3. The molecular weight excluding hydrogens is 228 g/mol. The number of nitrogens with zero attached hydrogens (tertiary/aromatic N) is 2. The Balaban J connectivity index is 2.11. The predicted octanol–water partition coefficient (Wildman–Crippen LogP) is 1.65. The van der Waals surface area contributed by atoms with E-state index in [-0.39, 0.29) is 5.91 Å². The largest absolute Gasteiger partial charge is 0.397 e. The lowest BCUT2D eigenvalue weighted by Gasteiger charge is -2.19. The first kappa shape index (κ1) is 10.8. The van der Waals surface area contributed by atoms with Crippen LogP contribution in [-0.4, -0.2) is 15.7 Å². The molecule has 0 aliphatic carbocycles. The van der Waals surface area contributed by atoms with Crippen molar-refractivity contribution in [3.05, 3.63) is 35.7 Å². The lowest BCUT2D eigenvalue weighted by atomic mass is 10.0. The Kier molecular flexibility index (Phi) is 2.33. The summed E-state index contributed by atoms with van der Waals surface area (Å²) in [6.45, 7) is 1.97. The molecule has 3 rings (SSSR count). The summed E-state index contributed by atoms with van der Waals surface area (Å²) in [6.07, 6.45) is 4.94. The van der Waals surface area contributed by atoms with E-state index in [4.69, 9.17) is 5.73 Å². The molecule has 1 aliphatic rings. The van der Waals surface area contributed by atoms with Crippen molar-refractivity contribution in [1.82, 2.24) is 9.78 Å². The fourth-order valence-electron chi connectivity index (χ4n) is 2.18. The molecule has 2 heterocycles. The number of fused-ring (bicyclic) bond motifs is 1. The molecule has 1 amide bonds. The number of nitrogens with one attached hydrogen (secondary N) is 1. The maximum absolute atomic E-state index is 11.4. The smallest absolute Gasteiger partial charge is 0.224 e. The van der Waals surface area contributed by atoms with Gasteiger partial charge >= 0.3 is 0 Å². The maximum Gasteiger partial charge on any atom is 0.224 e. The number of anilines is 2. The zero-order valence-electron chi connectivity index (χ0n) is 10.1. The summed E-state index contributed by atoms with van der Waals surface area (Å²) in [6, 6.07) is 3.80. The molecule has 0 bridgehead atoms. The van der Waals surface area contributed by atoms with Gasteiger partial charge in [-0.15, -0.1) is 0 Å². The number of carbonyl (C=O) groups excluding carboxylic acids is 1. The molecule has 0 radical (unpaired) electrons. The van der Waals surface area contributed by atoms with Crippen molar-refractivity contribution < 1.29 is 4.79 Å². The first-order valence-electron chi connectivity index (χ1n) is 5.87. The van der Waals surface area contributed by atoms with E-state index in [9.17, 15) is 4.79 Å². The number of benzene rings is 1. The molecule has 1 aromatic heterocycles. The van der Waals surface area contributed by atoms with Crippen LogP contribution in [0.5, 0.6) is 0 Å². The highest BCUT2D eigenvalue weighted by Gasteiger charge is 2.17. The standard InChI is InChI=1S/C13H14N4O/c1-8-6-15-17(7-8)12-5-11-9(4-10(12)14)2-3-13(18)16-11/h4-7H,2-3,14H2,1H3,(H,16,18). The number of nitrogens with two attached hydrogens (primary N) is 1. The SMILES string of the molecule is Cc1cnn(-c2cc3c(cc2N)CCC(=O)N3)c1. The molecule has 0 saturated carbocycles. The van der Waals surface area contributed by atoms with E-state index >= 15 is 0 Å². The second kappa shape index (κ2) is 3.87. The van der Waals surface area contributed by atoms with Gasteiger partial charge in [0.05, 0.1) is 17.6 Å². The number of hydrogen-bond donors (Lipinski definition) is 2. The highest BCUT2D eigenvalue weighted by molar-refractivity contribution is 5.95. The average molecular weight is 242 g/mol. The Hall–Kier alpha value is -2.30. The van der Waals surface area contributed by atoms with Gasteiger partial charge in [0.2, 0.25) is 5.91 Å². The molecule has 3 N–H and O–H groups in total. The van der Waals surface area contributed by atoms with Gasteiger partial charge in [0, 0.05) is 18.3 Å². The van der Waals surface area contributed by atoms with Crippen LogP contribution < -0.4 is 11.1 Å². The molecule has 1 aliphatic heterocycles. The first-order valence-corrected chi connectivity index (χ1v) is 5.87. The maximum atomic E-state index is 11.4. The van der Waals surface area contributed by atoms with Crippen LogP contribution in [0.2, 0.25) is 0 Å². The summed E-state index contributed by atoms with van der Waals surface area (Å²) in [5.74, 6) is 0.0508. The Morgan fingerprint density at radius 2 is 2.22 bits per heavy atom. The monoisotopic (exact) mass is 242 g/mol. The van der Waals surface area contributed by atoms with E-state index in [2.05, 4.69) is 10.4 Å². The van der Waals surface area contributed by atoms with Gasteiger partial charge in [0.1, 0.15) is 0 Å². The zero-order chi connectivity index (χ0) is 12.7. The molecule has 0 saturated heterocycles. The van der Waals surface area contributed by atoms with E-state index in [0.717, 1.165) is 28.9 Å². The minimum absolute atomic E-state index is 0.0508. The van der Waals surface area contributed by atoms with E-state index in [1.807, 2.05) is 25.3 Å². The summed E-state index contributed by atoms with van der Waals surface area (Å²) in [5, 5.41) is 7.11. The van der Waals surface area contributed by atoms with Crippen LogP contribution in [0, 0.1) is 6.92 Å². The molecule has 0 atom stereocenters. The molecule has 2 aromatic rings. The van der Waals surface area contributed by atoms with E-state index in [1.165, 1.54) is 0 Å². The van der Waals surface area contributed by atoms with Crippen LogP contribution in [0.25, 0.3) is 5.69 Å². The molecule has 1 aromatic carbocycles. The summed E-state index contributed by atoms with van der Waals surface area (Å²) < 4.78 is 1.73. The average Bonchev–Trinajstić information content (AvgIpc) is 2.75. The third-order valence-corrected chi connectivity index (χ3v) is 3.11. The molecule has 0 fully saturated rings. The minimum atomic E-state index is 0.0508. The van der Waals surface area contributed by atoms with Crippen molar-refractivity contribution in [3.8, 4) is 5.69 Å². The van der Waals surface area contributed by atoms with Crippen LogP contribution in [0.15, 0.2) is 24.5 Å². The minimum Gasteiger partial charge on any atom is -0.397 e. The van der Waals surface area contributed by atoms with Crippen LogP contribution in [0.1, 0.15) is 17.5 Å². The van der Waals surface area contributed by atoms with Crippen LogP contribution in [0.3, 0.4) is 0 Å². The van der Waals surface area contributed by atoms with Crippen LogP contribution in [-0.2, 0) is 11.2 Å². The predicted molar refractivity (Wildman–Crippen MR) is 69.7 cm³/mol. The van der Waals surface area contributed by atoms with Crippen molar-refractivity contribution in [1.29, 1.82) is 0 Å².